The summed E-state index contributed by atoms with van der Waals surface area (Å²) in [5, 5.41) is 9.80. The van der Waals surface area contributed by atoms with Crippen LogP contribution in [0.25, 0.3) is 0 Å². The van der Waals surface area contributed by atoms with E-state index in [1.807, 2.05) is 30.3 Å². The third kappa shape index (κ3) is 3.86. The second kappa shape index (κ2) is 6.99. The molecule has 0 aliphatic carbocycles. The van der Waals surface area contributed by atoms with E-state index in [0.29, 0.717) is 6.29 Å². The van der Waals surface area contributed by atoms with Crippen molar-refractivity contribution in [3.05, 3.63) is 60.2 Å². The number of hydrogen-bond acceptors (Lipinski definition) is 4. The van der Waals surface area contributed by atoms with E-state index in [4.69, 9.17) is 9.47 Å². The number of carbonyl (C=O) groups is 1. The van der Waals surface area contributed by atoms with E-state index in [2.05, 4.69) is 0 Å². The summed E-state index contributed by atoms with van der Waals surface area (Å²) in [4.78, 5) is 10.1. The molecule has 1 aromatic rings. The first kappa shape index (κ1) is 13.7. The molecule has 1 saturated heterocycles. The molecule has 1 N–H and O–H groups in total. The van der Waals surface area contributed by atoms with Crippen molar-refractivity contribution in [2.75, 3.05) is 6.61 Å². The first-order valence-electron chi connectivity index (χ1n) is 6.10. The maximum absolute atomic E-state index is 10.1. The molecule has 1 aliphatic heterocycles. The van der Waals surface area contributed by atoms with Gasteiger partial charge in [-0.2, -0.15) is 0 Å². The van der Waals surface area contributed by atoms with Gasteiger partial charge in [-0.3, -0.25) is 4.79 Å². The van der Waals surface area contributed by atoms with Crippen LogP contribution in [0.3, 0.4) is 0 Å². The molecule has 0 amide bonds. The van der Waals surface area contributed by atoms with Gasteiger partial charge in [-0.25, -0.2) is 0 Å². The van der Waals surface area contributed by atoms with E-state index in [0.717, 1.165) is 5.56 Å². The summed E-state index contributed by atoms with van der Waals surface area (Å²) in [5.74, 6) is 0. The Morgan fingerprint density at radius 3 is 2.68 bits per heavy atom. The van der Waals surface area contributed by atoms with Gasteiger partial charge in [-0.1, -0.05) is 48.6 Å². The third-order valence-electron chi connectivity index (χ3n) is 2.75. The van der Waals surface area contributed by atoms with Gasteiger partial charge in [-0.05, 0) is 6.08 Å². The second-order valence-corrected chi connectivity index (χ2v) is 4.15. The van der Waals surface area contributed by atoms with Gasteiger partial charge in [0.05, 0.1) is 6.61 Å². The van der Waals surface area contributed by atoms with Crippen molar-refractivity contribution in [3.63, 3.8) is 0 Å². The van der Waals surface area contributed by atoms with Crippen LogP contribution in [0.5, 0.6) is 0 Å². The van der Waals surface area contributed by atoms with E-state index < -0.39 is 18.5 Å². The van der Waals surface area contributed by atoms with Crippen molar-refractivity contribution in [2.45, 2.75) is 18.5 Å². The average molecular weight is 260 g/mol. The van der Waals surface area contributed by atoms with Crippen LogP contribution in [0, 0.1) is 0 Å². The number of allylic oxidation sites excluding steroid dienone is 3. The molecule has 0 bridgehead atoms. The van der Waals surface area contributed by atoms with Gasteiger partial charge in [0.2, 0.25) is 0 Å². The first-order chi connectivity index (χ1) is 9.31. The van der Waals surface area contributed by atoms with Gasteiger partial charge in [0.25, 0.3) is 0 Å². The standard InChI is InChI=1S/C15H16O4/c16-10-6-2-5-9-14-13(17)11-18-15(19-14)12-7-3-1-4-8-12/h1-10,13-15,17H,11H2/b6-2+,9-5-/t13-,14+,15-/m1/s1. The van der Waals surface area contributed by atoms with Gasteiger partial charge in [0, 0.05) is 5.56 Å². The fourth-order valence-corrected chi connectivity index (χ4v) is 1.80. The second-order valence-electron chi connectivity index (χ2n) is 4.15. The Balaban J connectivity index is 2.02. The Kier molecular flexibility index (Phi) is 5.03. The largest absolute Gasteiger partial charge is 0.388 e. The normalized spacial score (nSPS) is 27.9. The molecule has 2 rings (SSSR count). The van der Waals surface area contributed by atoms with E-state index in [1.165, 1.54) is 6.08 Å². The topological polar surface area (TPSA) is 55.8 Å². The van der Waals surface area contributed by atoms with Crippen molar-refractivity contribution in [3.8, 4) is 0 Å². The number of benzene rings is 1. The SMILES string of the molecule is O=C/C=C/C=C\[C@@H]1O[C@H](c2ccccc2)OC[C@H]1O. The molecule has 0 spiro atoms. The van der Waals surface area contributed by atoms with Gasteiger partial charge in [-0.15, -0.1) is 0 Å². The maximum Gasteiger partial charge on any atom is 0.184 e. The number of aliphatic hydroxyl groups is 1. The Hall–Kier alpha value is -1.75. The number of aliphatic hydroxyl groups excluding tert-OH is 1. The maximum atomic E-state index is 10.1. The van der Waals surface area contributed by atoms with Gasteiger partial charge in [0.1, 0.15) is 18.5 Å². The molecule has 0 saturated carbocycles. The summed E-state index contributed by atoms with van der Waals surface area (Å²) in [6.07, 6.45) is 5.41. The molecule has 1 fully saturated rings. The molecule has 100 valence electrons. The van der Waals surface area contributed by atoms with E-state index >= 15 is 0 Å². The first-order valence-corrected chi connectivity index (χ1v) is 6.10. The van der Waals surface area contributed by atoms with Gasteiger partial charge in [0.15, 0.2) is 6.29 Å². The highest BCUT2D eigenvalue weighted by Gasteiger charge is 2.29. The highest BCUT2D eigenvalue weighted by molar-refractivity contribution is 5.65. The van der Waals surface area contributed by atoms with Crippen molar-refractivity contribution < 1.29 is 19.4 Å². The summed E-state index contributed by atoms with van der Waals surface area (Å²) in [6, 6.07) is 9.56. The summed E-state index contributed by atoms with van der Waals surface area (Å²) in [6.45, 7) is 0.214. The lowest BCUT2D eigenvalue weighted by Gasteiger charge is -2.32. The minimum absolute atomic E-state index is 0.214. The number of rotatable bonds is 4. The van der Waals surface area contributed by atoms with Gasteiger partial charge < -0.3 is 14.6 Å². The minimum atomic E-state index is -0.708. The van der Waals surface area contributed by atoms with Crippen LogP contribution in [0.1, 0.15) is 11.9 Å². The molecule has 1 heterocycles. The smallest absolute Gasteiger partial charge is 0.184 e. The van der Waals surface area contributed by atoms with Crippen LogP contribution >= 0.6 is 0 Å². The van der Waals surface area contributed by atoms with Crippen LogP contribution in [0.4, 0.5) is 0 Å². The van der Waals surface area contributed by atoms with E-state index in [-0.39, 0.29) is 6.61 Å². The van der Waals surface area contributed by atoms with Crippen LogP contribution < -0.4 is 0 Å². The molecule has 1 aromatic carbocycles. The van der Waals surface area contributed by atoms with Crippen LogP contribution in [0.15, 0.2) is 54.6 Å². The molecule has 0 unspecified atom stereocenters. The van der Waals surface area contributed by atoms with E-state index in [9.17, 15) is 9.90 Å². The highest BCUT2D eigenvalue weighted by atomic mass is 16.7. The van der Waals surface area contributed by atoms with Crippen LogP contribution in [-0.2, 0) is 14.3 Å². The Morgan fingerprint density at radius 2 is 1.95 bits per heavy atom. The Labute approximate surface area is 112 Å². The lowest BCUT2D eigenvalue weighted by Crippen LogP contribution is -2.39. The van der Waals surface area contributed by atoms with Crippen LogP contribution in [-0.4, -0.2) is 30.2 Å². The fraction of sp³-hybridized carbons (Fsp3) is 0.267. The minimum Gasteiger partial charge on any atom is -0.388 e. The molecule has 4 nitrogen and oxygen atoms in total. The fourth-order valence-electron chi connectivity index (χ4n) is 1.80. The highest BCUT2D eigenvalue weighted by Crippen LogP contribution is 2.26. The molecular formula is C15H16O4. The molecule has 0 radical (unpaired) electrons. The average Bonchev–Trinajstić information content (AvgIpc) is 2.46. The quantitative estimate of drug-likeness (QED) is 0.509. The number of ether oxygens (including phenoxy) is 2. The molecule has 4 heteroatoms. The molecule has 1 aliphatic rings. The Bertz CT molecular complexity index is 452. The molecule has 3 atom stereocenters. The summed E-state index contributed by atoms with van der Waals surface area (Å²) in [5.41, 5.74) is 0.913. The van der Waals surface area contributed by atoms with Crippen molar-refractivity contribution in [1.29, 1.82) is 0 Å². The lowest BCUT2D eigenvalue weighted by atomic mass is 10.1. The molecular weight excluding hydrogens is 244 g/mol. The monoisotopic (exact) mass is 260 g/mol. The summed E-state index contributed by atoms with van der Waals surface area (Å²) >= 11 is 0. The number of hydrogen-bond donors (Lipinski definition) is 1. The number of aldehydes is 1. The number of carbonyl (C=O) groups excluding carboxylic acids is 1. The van der Waals surface area contributed by atoms with E-state index in [1.54, 1.807) is 18.2 Å². The van der Waals surface area contributed by atoms with Crippen molar-refractivity contribution in [1.82, 2.24) is 0 Å². The summed E-state index contributed by atoms with van der Waals surface area (Å²) < 4.78 is 11.1. The molecule has 0 aromatic heterocycles. The van der Waals surface area contributed by atoms with Gasteiger partial charge >= 0.3 is 0 Å². The summed E-state index contributed by atoms with van der Waals surface area (Å²) in [7, 11) is 0. The zero-order valence-electron chi connectivity index (χ0n) is 10.4. The van der Waals surface area contributed by atoms with Crippen molar-refractivity contribution >= 4 is 6.29 Å². The predicted octanol–water partition coefficient (Wildman–Crippen LogP) is 1.77. The third-order valence-corrected chi connectivity index (χ3v) is 2.75. The van der Waals surface area contributed by atoms with Crippen LogP contribution in [0.2, 0.25) is 0 Å². The Morgan fingerprint density at radius 1 is 1.16 bits per heavy atom. The zero-order valence-corrected chi connectivity index (χ0v) is 10.4. The zero-order chi connectivity index (χ0) is 13.5. The molecule has 19 heavy (non-hydrogen) atoms. The van der Waals surface area contributed by atoms with Crippen molar-refractivity contribution in [2.24, 2.45) is 0 Å². The lowest BCUT2D eigenvalue weighted by molar-refractivity contribution is -0.243. The predicted molar refractivity (Wildman–Crippen MR) is 70.4 cm³/mol.